The number of aryl methyl sites for hydroxylation is 2. The molecular formula is C21H23N3O. The van der Waals surface area contributed by atoms with Gasteiger partial charge in [-0.25, -0.2) is 9.97 Å². The molecule has 0 spiro atoms. The molecule has 0 aliphatic heterocycles. The van der Waals surface area contributed by atoms with Crippen LogP contribution in [-0.2, 0) is 12.8 Å². The second-order valence-electron chi connectivity index (χ2n) is 6.13. The average molecular weight is 333 g/mol. The number of benzene rings is 2. The van der Waals surface area contributed by atoms with Crippen LogP contribution in [0.25, 0.3) is 11.0 Å². The van der Waals surface area contributed by atoms with Gasteiger partial charge in [0.2, 0.25) is 0 Å². The molecule has 2 aromatic carbocycles. The van der Waals surface area contributed by atoms with Crippen molar-refractivity contribution in [1.29, 1.82) is 0 Å². The number of rotatable bonds is 5. The van der Waals surface area contributed by atoms with Crippen LogP contribution in [0.3, 0.4) is 0 Å². The fourth-order valence-corrected chi connectivity index (χ4v) is 2.94. The van der Waals surface area contributed by atoms with Crippen molar-refractivity contribution < 1.29 is 4.79 Å². The van der Waals surface area contributed by atoms with Crippen LogP contribution in [0.5, 0.6) is 0 Å². The summed E-state index contributed by atoms with van der Waals surface area (Å²) in [5.74, 6) is -0.0994. The Kier molecular flexibility index (Phi) is 5.08. The van der Waals surface area contributed by atoms with E-state index in [1.165, 1.54) is 0 Å². The van der Waals surface area contributed by atoms with E-state index < -0.39 is 0 Å². The van der Waals surface area contributed by atoms with E-state index in [0.29, 0.717) is 5.56 Å². The molecule has 0 fully saturated rings. The molecule has 1 N–H and O–H groups in total. The number of carbonyl (C=O) groups is 1. The Morgan fingerprint density at radius 1 is 0.960 bits per heavy atom. The molecule has 25 heavy (non-hydrogen) atoms. The van der Waals surface area contributed by atoms with Crippen LogP contribution in [0.1, 0.15) is 54.1 Å². The first kappa shape index (κ1) is 17.1. The number of carbonyl (C=O) groups excluding carboxylic acids is 1. The minimum atomic E-state index is -0.0994. The summed E-state index contributed by atoms with van der Waals surface area (Å²) < 4.78 is 0. The first-order valence-electron chi connectivity index (χ1n) is 8.77. The van der Waals surface area contributed by atoms with Crippen molar-refractivity contribution in [1.82, 2.24) is 15.3 Å². The van der Waals surface area contributed by atoms with Crippen molar-refractivity contribution in [3.05, 3.63) is 71.0 Å². The highest BCUT2D eigenvalue weighted by Crippen LogP contribution is 2.18. The molecule has 3 rings (SSSR count). The second-order valence-corrected chi connectivity index (χ2v) is 6.13. The van der Waals surface area contributed by atoms with E-state index >= 15 is 0 Å². The molecule has 1 atom stereocenters. The van der Waals surface area contributed by atoms with Crippen LogP contribution in [0, 0.1) is 0 Å². The van der Waals surface area contributed by atoms with E-state index in [9.17, 15) is 4.79 Å². The van der Waals surface area contributed by atoms with Crippen molar-refractivity contribution in [3.63, 3.8) is 0 Å². The summed E-state index contributed by atoms with van der Waals surface area (Å²) >= 11 is 0. The fourth-order valence-electron chi connectivity index (χ4n) is 2.94. The molecule has 0 saturated carbocycles. The molecule has 1 aromatic heterocycles. The van der Waals surface area contributed by atoms with Gasteiger partial charge in [0.05, 0.1) is 28.5 Å². The number of aromatic nitrogens is 2. The largest absolute Gasteiger partial charge is 0.346 e. The van der Waals surface area contributed by atoms with E-state index in [-0.39, 0.29) is 11.9 Å². The predicted octanol–water partition coefficient (Wildman–Crippen LogP) is 4.25. The minimum absolute atomic E-state index is 0.0517. The second kappa shape index (κ2) is 7.43. The lowest BCUT2D eigenvalue weighted by molar-refractivity contribution is 0.0940. The van der Waals surface area contributed by atoms with Crippen LogP contribution >= 0.6 is 0 Å². The minimum Gasteiger partial charge on any atom is -0.346 e. The Labute approximate surface area is 148 Å². The molecule has 0 radical (unpaired) electrons. The highest BCUT2D eigenvalue weighted by Gasteiger charge is 2.13. The monoisotopic (exact) mass is 333 g/mol. The zero-order valence-electron chi connectivity index (χ0n) is 14.9. The average Bonchev–Trinajstić information content (AvgIpc) is 2.66. The molecule has 3 aromatic rings. The normalized spacial score (nSPS) is 12.1. The maximum Gasteiger partial charge on any atom is 0.251 e. The van der Waals surface area contributed by atoms with Crippen LogP contribution in [0.2, 0.25) is 0 Å². The quantitative estimate of drug-likeness (QED) is 0.759. The fraction of sp³-hybridized carbons (Fsp3) is 0.286. The van der Waals surface area contributed by atoms with E-state index in [0.717, 1.165) is 40.8 Å². The van der Waals surface area contributed by atoms with E-state index in [1.807, 2.05) is 55.5 Å². The van der Waals surface area contributed by atoms with Crippen molar-refractivity contribution in [2.24, 2.45) is 0 Å². The molecule has 0 saturated heterocycles. The summed E-state index contributed by atoms with van der Waals surface area (Å²) in [6.07, 6.45) is 1.70. The number of nitrogens with zero attached hydrogens (tertiary/aromatic N) is 2. The number of hydrogen-bond donors (Lipinski definition) is 1. The van der Waals surface area contributed by atoms with Crippen LogP contribution in [0.15, 0.2) is 48.5 Å². The van der Waals surface area contributed by atoms with Gasteiger partial charge in [-0.1, -0.05) is 44.2 Å². The number of hydrogen-bond acceptors (Lipinski definition) is 3. The Bertz CT molecular complexity index is 890. The van der Waals surface area contributed by atoms with Gasteiger partial charge in [-0.3, -0.25) is 4.79 Å². The zero-order chi connectivity index (χ0) is 17.8. The Morgan fingerprint density at radius 2 is 1.60 bits per heavy atom. The van der Waals surface area contributed by atoms with Crippen molar-refractivity contribution >= 4 is 16.9 Å². The van der Waals surface area contributed by atoms with Gasteiger partial charge in [-0.05, 0) is 43.5 Å². The molecular weight excluding hydrogens is 310 g/mol. The molecule has 1 amide bonds. The Balaban J connectivity index is 1.86. The van der Waals surface area contributed by atoms with Gasteiger partial charge >= 0.3 is 0 Å². The van der Waals surface area contributed by atoms with Crippen LogP contribution < -0.4 is 5.32 Å². The summed E-state index contributed by atoms with van der Waals surface area (Å²) in [5, 5.41) is 3.04. The molecule has 0 aliphatic rings. The maximum absolute atomic E-state index is 12.6. The molecule has 0 aliphatic carbocycles. The maximum atomic E-state index is 12.6. The topological polar surface area (TPSA) is 54.9 Å². The summed E-state index contributed by atoms with van der Waals surface area (Å²) in [5.41, 5.74) is 5.33. The summed E-state index contributed by atoms with van der Waals surface area (Å²) in [7, 11) is 0. The van der Waals surface area contributed by atoms with Crippen molar-refractivity contribution in [3.8, 4) is 0 Å². The Morgan fingerprint density at radius 3 is 2.24 bits per heavy atom. The van der Waals surface area contributed by atoms with E-state index in [4.69, 9.17) is 4.98 Å². The van der Waals surface area contributed by atoms with Gasteiger partial charge < -0.3 is 5.32 Å². The lowest BCUT2D eigenvalue weighted by atomic mass is 10.1. The summed E-state index contributed by atoms with van der Waals surface area (Å²) in [4.78, 5) is 22.0. The van der Waals surface area contributed by atoms with Crippen LogP contribution in [-0.4, -0.2) is 15.9 Å². The standard InChI is InChI=1S/C21H23N3O/c1-4-17-18(5-2)24-20-13-16(11-12-19(20)23-17)21(25)22-14(3)15-9-7-6-8-10-15/h6-14H,4-5H2,1-3H3,(H,22,25)/t14-/m1/s1. The third kappa shape index (κ3) is 3.68. The van der Waals surface area contributed by atoms with Gasteiger partial charge in [0.15, 0.2) is 0 Å². The van der Waals surface area contributed by atoms with Gasteiger partial charge in [0.1, 0.15) is 0 Å². The number of fused-ring (bicyclic) bond motifs is 1. The van der Waals surface area contributed by atoms with E-state index in [1.54, 1.807) is 0 Å². The van der Waals surface area contributed by atoms with E-state index in [2.05, 4.69) is 24.1 Å². The van der Waals surface area contributed by atoms with Gasteiger partial charge in [0, 0.05) is 5.56 Å². The third-order valence-corrected chi connectivity index (χ3v) is 4.40. The lowest BCUT2D eigenvalue weighted by Gasteiger charge is -2.14. The third-order valence-electron chi connectivity index (χ3n) is 4.40. The SMILES string of the molecule is CCc1nc2ccc(C(=O)N[C@H](C)c3ccccc3)cc2nc1CC. The number of amides is 1. The molecule has 4 nitrogen and oxygen atoms in total. The molecule has 4 heteroatoms. The molecule has 1 heterocycles. The predicted molar refractivity (Wildman–Crippen MR) is 101 cm³/mol. The zero-order valence-corrected chi connectivity index (χ0v) is 14.9. The first-order valence-corrected chi connectivity index (χ1v) is 8.77. The number of nitrogens with one attached hydrogen (secondary N) is 1. The summed E-state index contributed by atoms with van der Waals surface area (Å²) in [6.45, 7) is 6.14. The van der Waals surface area contributed by atoms with Crippen LogP contribution in [0.4, 0.5) is 0 Å². The molecule has 128 valence electrons. The summed E-state index contributed by atoms with van der Waals surface area (Å²) in [6, 6.07) is 15.4. The van der Waals surface area contributed by atoms with Gasteiger partial charge in [-0.15, -0.1) is 0 Å². The molecule has 0 bridgehead atoms. The van der Waals surface area contributed by atoms with Gasteiger partial charge in [-0.2, -0.15) is 0 Å². The Hall–Kier alpha value is -2.75. The lowest BCUT2D eigenvalue weighted by Crippen LogP contribution is -2.26. The highest BCUT2D eigenvalue weighted by atomic mass is 16.1. The highest BCUT2D eigenvalue weighted by molar-refractivity contribution is 5.97. The van der Waals surface area contributed by atoms with Crippen molar-refractivity contribution in [2.75, 3.05) is 0 Å². The smallest absolute Gasteiger partial charge is 0.251 e. The van der Waals surface area contributed by atoms with Gasteiger partial charge in [0.25, 0.3) is 5.91 Å². The van der Waals surface area contributed by atoms with Crippen molar-refractivity contribution in [2.45, 2.75) is 39.7 Å². The first-order chi connectivity index (χ1) is 12.1. The molecule has 0 unspecified atom stereocenters.